The highest BCUT2D eigenvalue weighted by Gasteiger charge is 2.13. The lowest BCUT2D eigenvalue weighted by molar-refractivity contribution is -0.384. The number of nitro benzene ring substituents is 1. The standard InChI is InChI=1S/C14H11ClN2O4/c1-21-13-6-5-10(15)8-12(13)16-14(18)9-3-2-4-11(7-9)17(19)20/h2-8H,1H3,(H,16,18). The Labute approximate surface area is 125 Å². The average molecular weight is 307 g/mol. The third-order valence-electron chi connectivity index (χ3n) is 2.73. The van der Waals surface area contributed by atoms with Crippen LogP contribution in [0.4, 0.5) is 11.4 Å². The van der Waals surface area contributed by atoms with Crippen molar-refractivity contribution in [3.05, 3.63) is 63.2 Å². The highest BCUT2D eigenvalue weighted by Crippen LogP contribution is 2.28. The average Bonchev–Trinajstić information content (AvgIpc) is 2.47. The number of amides is 1. The molecule has 2 rings (SSSR count). The van der Waals surface area contributed by atoms with Crippen molar-refractivity contribution in [2.45, 2.75) is 0 Å². The zero-order valence-corrected chi connectivity index (χ0v) is 11.8. The van der Waals surface area contributed by atoms with Crippen LogP contribution >= 0.6 is 11.6 Å². The predicted octanol–water partition coefficient (Wildman–Crippen LogP) is 3.51. The Balaban J connectivity index is 2.28. The summed E-state index contributed by atoms with van der Waals surface area (Å²) in [5.74, 6) is -0.0440. The molecule has 21 heavy (non-hydrogen) atoms. The normalized spacial score (nSPS) is 10.0. The molecule has 0 heterocycles. The van der Waals surface area contributed by atoms with Gasteiger partial charge in [0.15, 0.2) is 0 Å². The third-order valence-corrected chi connectivity index (χ3v) is 2.96. The van der Waals surface area contributed by atoms with E-state index >= 15 is 0 Å². The third kappa shape index (κ3) is 3.49. The van der Waals surface area contributed by atoms with Crippen molar-refractivity contribution in [1.29, 1.82) is 0 Å². The minimum Gasteiger partial charge on any atom is -0.495 e. The van der Waals surface area contributed by atoms with Gasteiger partial charge >= 0.3 is 0 Å². The van der Waals surface area contributed by atoms with E-state index in [1.54, 1.807) is 12.1 Å². The van der Waals surface area contributed by atoms with Gasteiger partial charge in [-0.3, -0.25) is 14.9 Å². The van der Waals surface area contributed by atoms with Gasteiger partial charge in [0.05, 0.1) is 17.7 Å². The highest BCUT2D eigenvalue weighted by molar-refractivity contribution is 6.31. The smallest absolute Gasteiger partial charge is 0.270 e. The van der Waals surface area contributed by atoms with Crippen LogP contribution in [0.1, 0.15) is 10.4 Å². The van der Waals surface area contributed by atoms with Gasteiger partial charge in [-0.1, -0.05) is 17.7 Å². The van der Waals surface area contributed by atoms with Gasteiger partial charge in [0.1, 0.15) is 5.75 Å². The first-order valence-corrected chi connectivity index (χ1v) is 6.28. The number of carbonyl (C=O) groups is 1. The maximum absolute atomic E-state index is 12.1. The van der Waals surface area contributed by atoms with Gasteiger partial charge in [-0.15, -0.1) is 0 Å². The molecule has 0 bridgehead atoms. The van der Waals surface area contributed by atoms with E-state index in [0.29, 0.717) is 16.5 Å². The number of halogens is 1. The van der Waals surface area contributed by atoms with E-state index in [1.165, 1.54) is 37.4 Å². The topological polar surface area (TPSA) is 81.5 Å². The molecule has 0 spiro atoms. The summed E-state index contributed by atoms with van der Waals surface area (Å²) in [4.78, 5) is 22.3. The van der Waals surface area contributed by atoms with E-state index in [9.17, 15) is 14.9 Å². The molecule has 0 unspecified atom stereocenters. The number of hydrogen-bond acceptors (Lipinski definition) is 4. The summed E-state index contributed by atoms with van der Waals surface area (Å²) >= 11 is 5.87. The lowest BCUT2D eigenvalue weighted by Gasteiger charge is -2.10. The van der Waals surface area contributed by atoms with Crippen LogP contribution in [0, 0.1) is 10.1 Å². The SMILES string of the molecule is COc1ccc(Cl)cc1NC(=O)c1cccc([N+](=O)[O-])c1. The second-order valence-corrected chi connectivity index (χ2v) is 4.54. The minimum atomic E-state index is -0.559. The van der Waals surface area contributed by atoms with E-state index < -0.39 is 10.8 Å². The fourth-order valence-corrected chi connectivity index (χ4v) is 1.91. The Morgan fingerprint density at radius 2 is 2.05 bits per heavy atom. The van der Waals surface area contributed by atoms with Crippen LogP contribution in [-0.4, -0.2) is 17.9 Å². The van der Waals surface area contributed by atoms with Crippen LogP contribution in [0.5, 0.6) is 5.75 Å². The number of benzene rings is 2. The molecule has 0 aromatic heterocycles. The first-order valence-electron chi connectivity index (χ1n) is 5.90. The second kappa shape index (κ2) is 6.23. The Morgan fingerprint density at radius 3 is 2.71 bits per heavy atom. The number of hydrogen-bond donors (Lipinski definition) is 1. The fraction of sp³-hybridized carbons (Fsp3) is 0.0714. The van der Waals surface area contributed by atoms with Crippen LogP contribution in [0.25, 0.3) is 0 Å². The van der Waals surface area contributed by atoms with Gasteiger partial charge < -0.3 is 10.1 Å². The monoisotopic (exact) mass is 306 g/mol. The molecule has 0 fully saturated rings. The lowest BCUT2D eigenvalue weighted by atomic mass is 10.2. The molecule has 0 saturated carbocycles. The number of carbonyl (C=O) groups excluding carboxylic acids is 1. The lowest BCUT2D eigenvalue weighted by Crippen LogP contribution is -2.12. The highest BCUT2D eigenvalue weighted by atomic mass is 35.5. The van der Waals surface area contributed by atoms with Crippen molar-refractivity contribution in [3.8, 4) is 5.75 Å². The quantitative estimate of drug-likeness (QED) is 0.692. The molecular weight excluding hydrogens is 296 g/mol. The molecular formula is C14H11ClN2O4. The summed E-state index contributed by atoms with van der Waals surface area (Å²) in [6, 6.07) is 10.2. The summed E-state index contributed by atoms with van der Waals surface area (Å²) in [6.45, 7) is 0. The van der Waals surface area contributed by atoms with E-state index in [1.807, 2.05) is 0 Å². The van der Waals surface area contributed by atoms with Gasteiger partial charge in [-0.25, -0.2) is 0 Å². The van der Waals surface area contributed by atoms with Crippen molar-refractivity contribution in [2.24, 2.45) is 0 Å². The fourth-order valence-electron chi connectivity index (χ4n) is 1.73. The summed E-state index contributed by atoms with van der Waals surface area (Å²) in [6.07, 6.45) is 0. The number of rotatable bonds is 4. The molecule has 108 valence electrons. The van der Waals surface area contributed by atoms with Crippen LogP contribution in [-0.2, 0) is 0 Å². The summed E-state index contributed by atoms with van der Waals surface area (Å²) in [5.41, 5.74) is 0.411. The molecule has 0 radical (unpaired) electrons. The second-order valence-electron chi connectivity index (χ2n) is 4.11. The molecule has 0 aliphatic rings. The Hall–Kier alpha value is -2.60. The molecule has 0 atom stereocenters. The van der Waals surface area contributed by atoms with Gasteiger partial charge in [-0.2, -0.15) is 0 Å². The number of methoxy groups -OCH3 is 1. The van der Waals surface area contributed by atoms with Gasteiger partial charge in [0.2, 0.25) is 0 Å². The molecule has 7 heteroatoms. The first-order chi connectivity index (χ1) is 10.0. The number of non-ortho nitro benzene ring substituents is 1. The molecule has 0 saturated heterocycles. The number of nitrogens with zero attached hydrogens (tertiary/aromatic N) is 1. The Bertz CT molecular complexity index is 703. The largest absolute Gasteiger partial charge is 0.495 e. The van der Waals surface area contributed by atoms with E-state index in [-0.39, 0.29) is 11.3 Å². The van der Waals surface area contributed by atoms with Gasteiger partial charge in [0.25, 0.3) is 11.6 Å². The van der Waals surface area contributed by atoms with Gasteiger partial charge in [0, 0.05) is 22.7 Å². The van der Waals surface area contributed by atoms with E-state index in [0.717, 1.165) is 0 Å². The summed E-state index contributed by atoms with van der Waals surface area (Å²) in [7, 11) is 1.46. The number of anilines is 1. The van der Waals surface area contributed by atoms with Gasteiger partial charge in [-0.05, 0) is 24.3 Å². The minimum absolute atomic E-state index is 0.152. The molecule has 2 aromatic carbocycles. The first kappa shape index (κ1) is 14.8. The molecule has 0 aliphatic heterocycles. The maximum Gasteiger partial charge on any atom is 0.270 e. The van der Waals surface area contributed by atoms with Crippen molar-refractivity contribution in [3.63, 3.8) is 0 Å². The summed E-state index contributed by atoms with van der Waals surface area (Å²) in [5, 5.41) is 13.8. The Morgan fingerprint density at radius 1 is 1.29 bits per heavy atom. The molecule has 1 amide bonds. The van der Waals surface area contributed by atoms with Crippen LogP contribution in [0.15, 0.2) is 42.5 Å². The van der Waals surface area contributed by atoms with Crippen molar-refractivity contribution in [2.75, 3.05) is 12.4 Å². The van der Waals surface area contributed by atoms with Crippen LogP contribution in [0.3, 0.4) is 0 Å². The maximum atomic E-state index is 12.1. The van der Waals surface area contributed by atoms with E-state index in [2.05, 4.69) is 5.32 Å². The molecule has 6 nitrogen and oxygen atoms in total. The van der Waals surface area contributed by atoms with Crippen LogP contribution < -0.4 is 10.1 Å². The zero-order valence-electron chi connectivity index (χ0n) is 11.0. The van der Waals surface area contributed by atoms with Crippen molar-refractivity contribution in [1.82, 2.24) is 0 Å². The number of nitrogens with one attached hydrogen (secondary N) is 1. The molecule has 0 aliphatic carbocycles. The zero-order chi connectivity index (χ0) is 15.4. The Kier molecular flexibility index (Phi) is 4.39. The molecule has 1 N–H and O–H groups in total. The van der Waals surface area contributed by atoms with Crippen molar-refractivity contribution >= 4 is 28.9 Å². The van der Waals surface area contributed by atoms with E-state index in [4.69, 9.17) is 16.3 Å². The predicted molar refractivity (Wildman–Crippen MR) is 79.1 cm³/mol. The summed E-state index contributed by atoms with van der Waals surface area (Å²) < 4.78 is 5.12. The number of nitro groups is 1. The molecule has 2 aromatic rings. The van der Waals surface area contributed by atoms with Crippen LogP contribution in [0.2, 0.25) is 5.02 Å². The number of ether oxygens (including phenoxy) is 1. The van der Waals surface area contributed by atoms with Crippen molar-refractivity contribution < 1.29 is 14.5 Å².